The average Bonchev–Trinajstić information content (AvgIpc) is 2.94. The second-order valence-electron chi connectivity index (χ2n) is 6.50. The van der Waals surface area contributed by atoms with Gasteiger partial charge in [-0.05, 0) is 89.2 Å². The number of rotatable bonds is 6. The van der Waals surface area contributed by atoms with Gasteiger partial charge in [-0.15, -0.1) is 0 Å². The Kier molecular flexibility index (Phi) is 6.74. The minimum atomic E-state index is -0.355. The van der Waals surface area contributed by atoms with Crippen LogP contribution in [0.2, 0.25) is 0 Å². The fraction of sp³-hybridized carbons (Fsp3) is 0.238. The van der Waals surface area contributed by atoms with Gasteiger partial charge in [0, 0.05) is 0 Å². The Bertz CT molecular complexity index is 1000. The lowest BCUT2D eigenvalue weighted by Crippen LogP contribution is -2.32. The summed E-state index contributed by atoms with van der Waals surface area (Å²) in [6.45, 7) is 4.32. The number of halogens is 1. The predicted octanol–water partition coefficient (Wildman–Crippen LogP) is 4.74. The number of carbonyl (C=O) groups excluding carboxylic acids is 2. The summed E-state index contributed by atoms with van der Waals surface area (Å²) in [6, 6.07) is 9.25. The second kappa shape index (κ2) is 9.08. The monoisotopic (exact) mass is 525 g/mol. The van der Waals surface area contributed by atoms with E-state index in [0.717, 1.165) is 28.6 Å². The highest BCUT2D eigenvalue weighted by molar-refractivity contribution is 14.1. The minimum Gasteiger partial charge on any atom is -0.504 e. The van der Waals surface area contributed by atoms with Crippen LogP contribution in [0.1, 0.15) is 16.7 Å². The Balaban J connectivity index is 1.70. The summed E-state index contributed by atoms with van der Waals surface area (Å²) in [5.74, 6) is 0.746. The van der Waals surface area contributed by atoms with E-state index in [2.05, 4.69) is 0 Å². The van der Waals surface area contributed by atoms with E-state index in [9.17, 15) is 14.7 Å². The van der Waals surface area contributed by atoms with Crippen molar-refractivity contribution in [3.05, 3.63) is 55.5 Å². The zero-order valence-corrected chi connectivity index (χ0v) is 19.2. The molecule has 6 nitrogen and oxygen atoms in total. The van der Waals surface area contributed by atoms with Crippen LogP contribution in [-0.4, -0.2) is 41.4 Å². The fourth-order valence-corrected chi connectivity index (χ4v) is 4.28. The molecule has 1 saturated heterocycles. The van der Waals surface area contributed by atoms with Crippen LogP contribution in [0.25, 0.3) is 6.08 Å². The normalized spacial score (nSPS) is 15.3. The maximum atomic E-state index is 12.7. The van der Waals surface area contributed by atoms with Crippen LogP contribution in [0.3, 0.4) is 0 Å². The van der Waals surface area contributed by atoms with Crippen molar-refractivity contribution in [1.29, 1.82) is 0 Å². The highest BCUT2D eigenvalue weighted by Crippen LogP contribution is 2.36. The van der Waals surface area contributed by atoms with Crippen LogP contribution in [-0.2, 0) is 4.79 Å². The van der Waals surface area contributed by atoms with E-state index in [1.807, 2.05) is 54.6 Å². The lowest BCUT2D eigenvalue weighted by atomic mass is 10.1. The number of nitrogens with zero attached hydrogens (tertiary/aromatic N) is 1. The highest BCUT2D eigenvalue weighted by atomic mass is 127. The number of imide groups is 1. The van der Waals surface area contributed by atoms with Gasteiger partial charge in [0.25, 0.3) is 11.1 Å². The molecule has 0 saturated carbocycles. The number of ether oxygens (including phenoxy) is 2. The summed E-state index contributed by atoms with van der Waals surface area (Å²) in [5, 5.41) is 9.62. The van der Waals surface area contributed by atoms with Gasteiger partial charge in [0.2, 0.25) is 0 Å². The summed E-state index contributed by atoms with van der Waals surface area (Å²) in [4.78, 5) is 26.5. The zero-order chi connectivity index (χ0) is 21.1. The van der Waals surface area contributed by atoms with Gasteiger partial charge in [-0.2, -0.15) is 0 Å². The van der Waals surface area contributed by atoms with Gasteiger partial charge in [-0.3, -0.25) is 14.5 Å². The van der Waals surface area contributed by atoms with Crippen LogP contribution in [0.4, 0.5) is 4.79 Å². The second-order valence-corrected chi connectivity index (χ2v) is 8.66. The first-order chi connectivity index (χ1) is 13.8. The van der Waals surface area contributed by atoms with Crippen molar-refractivity contribution in [2.45, 2.75) is 13.8 Å². The van der Waals surface area contributed by atoms with Crippen molar-refractivity contribution in [3.63, 3.8) is 0 Å². The molecule has 0 aromatic heterocycles. The Morgan fingerprint density at radius 3 is 2.66 bits per heavy atom. The molecule has 29 heavy (non-hydrogen) atoms. The standard InChI is InChI=1S/C21H20INO5S/c1-12-4-5-13(2)16(8-12)28-7-6-23-20(25)18(29-21(23)26)11-14-9-15(22)19(24)17(10-14)27-3/h4-5,8-11,24H,6-7H2,1-3H3/b18-11-. The molecule has 2 amide bonds. The summed E-state index contributed by atoms with van der Waals surface area (Å²) >= 11 is 2.87. The number of phenolic OH excluding ortho intramolecular Hbond substituents is 1. The molecule has 1 N–H and O–H groups in total. The van der Waals surface area contributed by atoms with Gasteiger partial charge in [-0.25, -0.2) is 0 Å². The van der Waals surface area contributed by atoms with E-state index >= 15 is 0 Å². The Morgan fingerprint density at radius 1 is 1.17 bits per heavy atom. The third-order valence-electron chi connectivity index (χ3n) is 4.36. The molecule has 2 aromatic carbocycles. The number of hydrogen-bond donors (Lipinski definition) is 1. The Hall–Kier alpha value is -2.20. The number of phenols is 1. The molecular formula is C21H20INO5S. The number of benzene rings is 2. The molecule has 0 bridgehead atoms. The van der Waals surface area contributed by atoms with Crippen molar-refractivity contribution in [2.24, 2.45) is 0 Å². The van der Waals surface area contributed by atoms with Gasteiger partial charge >= 0.3 is 0 Å². The number of methoxy groups -OCH3 is 1. The highest BCUT2D eigenvalue weighted by Gasteiger charge is 2.34. The van der Waals surface area contributed by atoms with Crippen molar-refractivity contribution in [2.75, 3.05) is 20.3 Å². The van der Waals surface area contributed by atoms with E-state index in [1.165, 1.54) is 12.0 Å². The number of carbonyl (C=O) groups is 2. The Labute approximate surface area is 187 Å². The predicted molar refractivity (Wildman–Crippen MR) is 121 cm³/mol. The molecular weight excluding hydrogens is 505 g/mol. The lowest BCUT2D eigenvalue weighted by Gasteiger charge is -2.14. The molecule has 152 valence electrons. The molecule has 3 rings (SSSR count). The number of thioether (sulfide) groups is 1. The number of amides is 2. The molecule has 1 fully saturated rings. The molecule has 0 aliphatic carbocycles. The molecule has 1 aliphatic heterocycles. The van der Waals surface area contributed by atoms with Crippen molar-refractivity contribution in [1.82, 2.24) is 4.90 Å². The van der Waals surface area contributed by atoms with Crippen LogP contribution >= 0.6 is 34.4 Å². The maximum Gasteiger partial charge on any atom is 0.293 e. The Morgan fingerprint density at radius 2 is 1.93 bits per heavy atom. The van der Waals surface area contributed by atoms with Crippen LogP contribution in [0.15, 0.2) is 35.2 Å². The van der Waals surface area contributed by atoms with Crippen LogP contribution in [0, 0.1) is 17.4 Å². The number of aromatic hydroxyl groups is 1. The molecule has 1 heterocycles. The van der Waals surface area contributed by atoms with Crippen molar-refractivity contribution >= 4 is 51.6 Å². The molecule has 2 aromatic rings. The summed E-state index contributed by atoms with van der Waals surface area (Å²) in [5.41, 5.74) is 2.75. The van der Waals surface area contributed by atoms with E-state index < -0.39 is 0 Å². The van der Waals surface area contributed by atoms with Gasteiger partial charge in [0.05, 0.1) is 22.1 Å². The van der Waals surface area contributed by atoms with Crippen LogP contribution in [0.5, 0.6) is 17.2 Å². The van der Waals surface area contributed by atoms with Gasteiger partial charge < -0.3 is 14.6 Å². The topological polar surface area (TPSA) is 76.1 Å². The van der Waals surface area contributed by atoms with E-state index in [-0.39, 0.29) is 30.0 Å². The smallest absolute Gasteiger partial charge is 0.293 e. The van der Waals surface area contributed by atoms with Gasteiger partial charge in [0.15, 0.2) is 11.5 Å². The lowest BCUT2D eigenvalue weighted by molar-refractivity contribution is -0.123. The van der Waals surface area contributed by atoms with Crippen LogP contribution < -0.4 is 9.47 Å². The SMILES string of the molecule is COc1cc(/C=C2\SC(=O)N(CCOc3cc(C)ccc3C)C2=O)cc(I)c1O. The first-order valence-electron chi connectivity index (χ1n) is 8.82. The van der Waals surface area contributed by atoms with E-state index in [0.29, 0.717) is 19.8 Å². The first-order valence-corrected chi connectivity index (χ1v) is 10.7. The molecule has 0 spiro atoms. The third kappa shape index (κ3) is 4.87. The summed E-state index contributed by atoms with van der Waals surface area (Å²) in [6.07, 6.45) is 1.63. The largest absolute Gasteiger partial charge is 0.504 e. The maximum absolute atomic E-state index is 12.7. The molecule has 0 radical (unpaired) electrons. The summed E-state index contributed by atoms with van der Waals surface area (Å²) < 4.78 is 11.5. The zero-order valence-electron chi connectivity index (χ0n) is 16.2. The quantitative estimate of drug-likeness (QED) is 0.434. The summed E-state index contributed by atoms with van der Waals surface area (Å²) in [7, 11) is 1.46. The van der Waals surface area contributed by atoms with Crippen molar-refractivity contribution < 1.29 is 24.2 Å². The molecule has 0 unspecified atom stereocenters. The molecule has 0 atom stereocenters. The van der Waals surface area contributed by atoms with Crippen molar-refractivity contribution in [3.8, 4) is 17.2 Å². The number of aryl methyl sites for hydroxylation is 2. The average molecular weight is 525 g/mol. The van der Waals surface area contributed by atoms with E-state index in [1.54, 1.807) is 18.2 Å². The third-order valence-corrected chi connectivity index (χ3v) is 6.09. The molecule has 1 aliphatic rings. The number of hydrogen-bond acceptors (Lipinski definition) is 6. The fourth-order valence-electron chi connectivity index (χ4n) is 2.79. The molecule has 8 heteroatoms. The van der Waals surface area contributed by atoms with E-state index in [4.69, 9.17) is 9.47 Å². The van der Waals surface area contributed by atoms with Gasteiger partial charge in [0.1, 0.15) is 12.4 Å². The first kappa shape index (κ1) is 21.5. The van der Waals surface area contributed by atoms with Gasteiger partial charge in [-0.1, -0.05) is 12.1 Å². The minimum absolute atomic E-state index is 0.0435.